The zero-order chi connectivity index (χ0) is 27.0. The van der Waals surface area contributed by atoms with Crippen LogP contribution in [-0.4, -0.2) is 39.3 Å². The van der Waals surface area contributed by atoms with Crippen molar-refractivity contribution in [2.75, 3.05) is 27.9 Å². The summed E-state index contributed by atoms with van der Waals surface area (Å²) in [5, 5.41) is 6.45. The van der Waals surface area contributed by atoms with Gasteiger partial charge in [0.05, 0.1) is 21.3 Å². The molecule has 0 unspecified atom stereocenters. The Hall–Kier alpha value is -3.36. The number of methoxy groups -OCH3 is 3. The lowest BCUT2D eigenvalue weighted by Gasteiger charge is -2.28. The number of nitrogens with one attached hydrogen (secondary N) is 2. The molecule has 3 aromatic rings. The van der Waals surface area contributed by atoms with Gasteiger partial charge >= 0.3 is 0 Å². The highest BCUT2D eigenvalue weighted by molar-refractivity contribution is 5.85. The van der Waals surface area contributed by atoms with Crippen LogP contribution < -0.4 is 24.8 Å². The normalized spacial score (nSPS) is 11.1. The summed E-state index contributed by atoms with van der Waals surface area (Å²) in [5.41, 5.74) is 2.06. The van der Waals surface area contributed by atoms with Gasteiger partial charge in [0.1, 0.15) is 11.6 Å². The Morgan fingerprint density at radius 3 is 1.74 bits per heavy atom. The van der Waals surface area contributed by atoms with E-state index in [1.807, 2.05) is 26.0 Å². The van der Waals surface area contributed by atoms with Crippen LogP contribution in [0.5, 0.6) is 17.2 Å². The zero-order valence-electron chi connectivity index (χ0n) is 22.3. The molecule has 3 rings (SSSR count). The lowest BCUT2D eigenvalue weighted by atomic mass is 9.88. The maximum atomic E-state index is 13.5. The van der Waals surface area contributed by atoms with Gasteiger partial charge in [0.2, 0.25) is 11.7 Å². The van der Waals surface area contributed by atoms with Crippen LogP contribution >= 0.6 is 12.4 Å². The van der Waals surface area contributed by atoms with E-state index in [2.05, 4.69) is 10.6 Å². The van der Waals surface area contributed by atoms with Crippen molar-refractivity contribution in [3.8, 4) is 17.2 Å². The van der Waals surface area contributed by atoms with E-state index in [-0.39, 0.29) is 42.3 Å². The Morgan fingerprint density at radius 1 is 0.842 bits per heavy atom. The van der Waals surface area contributed by atoms with Crippen LogP contribution in [0.3, 0.4) is 0 Å². The number of halogens is 3. The third-order valence-corrected chi connectivity index (χ3v) is 6.16. The summed E-state index contributed by atoms with van der Waals surface area (Å²) in [6.07, 6.45) is 0.139. The van der Waals surface area contributed by atoms with Crippen LogP contribution in [0.15, 0.2) is 60.7 Å². The lowest BCUT2D eigenvalue weighted by Crippen LogP contribution is -2.48. The van der Waals surface area contributed by atoms with E-state index in [1.54, 1.807) is 45.6 Å². The summed E-state index contributed by atoms with van der Waals surface area (Å²) in [6.45, 7) is 4.86. The Labute approximate surface area is 229 Å². The first-order valence-corrected chi connectivity index (χ1v) is 12.0. The van der Waals surface area contributed by atoms with Gasteiger partial charge in [-0.1, -0.05) is 24.3 Å². The molecular formula is C29H35ClF2N2O4. The van der Waals surface area contributed by atoms with Crippen molar-refractivity contribution in [1.82, 2.24) is 10.6 Å². The van der Waals surface area contributed by atoms with E-state index < -0.39 is 5.54 Å². The number of ether oxygens (including phenoxy) is 3. The first kappa shape index (κ1) is 30.9. The van der Waals surface area contributed by atoms with E-state index in [0.717, 1.165) is 16.7 Å². The van der Waals surface area contributed by atoms with Gasteiger partial charge in [0.25, 0.3) is 0 Å². The van der Waals surface area contributed by atoms with Crippen LogP contribution in [0.1, 0.15) is 42.9 Å². The van der Waals surface area contributed by atoms with Crippen LogP contribution in [0.2, 0.25) is 0 Å². The molecule has 0 atom stereocenters. The van der Waals surface area contributed by atoms with Gasteiger partial charge in [-0.15, -0.1) is 12.4 Å². The number of amides is 1. The van der Waals surface area contributed by atoms with Gasteiger partial charge < -0.3 is 24.8 Å². The minimum atomic E-state index is -0.433. The number of rotatable bonds is 12. The second-order valence-electron chi connectivity index (χ2n) is 9.41. The molecule has 206 valence electrons. The molecule has 0 bridgehead atoms. The molecule has 0 aliphatic heterocycles. The number of carbonyl (C=O) groups excluding carboxylic acids is 1. The molecule has 9 heteroatoms. The molecule has 38 heavy (non-hydrogen) atoms. The molecule has 2 N–H and O–H groups in total. The van der Waals surface area contributed by atoms with E-state index in [0.29, 0.717) is 30.3 Å². The highest BCUT2D eigenvalue weighted by atomic mass is 35.5. The van der Waals surface area contributed by atoms with E-state index in [9.17, 15) is 13.6 Å². The SMILES string of the molecule is COc1cc(CNC(C)(C)CNC(=O)CC(c2ccc(F)cc2)c2ccc(F)cc2)cc(OC)c1OC.Cl. The molecule has 1 amide bonds. The van der Waals surface area contributed by atoms with Crippen LogP contribution in [-0.2, 0) is 11.3 Å². The molecule has 0 heterocycles. The van der Waals surface area contributed by atoms with Crippen molar-refractivity contribution in [2.45, 2.75) is 38.3 Å². The van der Waals surface area contributed by atoms with Gasteiger partial charge in [-0.05, 0) is 66.9 Å². The summed E-state index contributed by atoms with van der Waals surface area (Å²) in [4.78, 5) is 13.0. The van der Waals surface area contributed by atoms with Gasteiger partial charge in [-0.2, -0.15) is 0 Å². The van der Waals surface area contributed by atoms with Crippen molar-refractivity contribution in [3.63, 3.8) is 0 Å². The predicted molar refractivity (Wildman–Crippen MR) is 147 cm³/mol. The molecule has 0 aliphatic rings. The smallest absolute Gasteiger partial charge is 0.221 e. The maximum Gasteiger partial charge on any atom is 0.221 e. The van der Waals surface area contributed by atoms with Gasteiger partial charge in [-0.3, -0.25) is 4.79 Å². The largest absolute Gasteiger partial charge is 0.493 e. The molecule has 6 nitrogen and oxygen atoms in total. The average Bonchev–Trinajstić information content (AvgIpc) is 2.90. The molecule has 0 aliphatic carbocycles. The third-order valence-electron chi connectivity index (χ3n) is 6.16. The zero-order valence-corrected chi connectivity index (χ0v) is 23.1. The van der Waals surface area contributed by atoms with Crippen LogP contribution in [0, 0.1) is 11.6 Å². The lowest BCUT2D eigenvalue weighted by molar-refractivity contribution is -0.121. The van der Waals surface area contributed by atoms with E-state index >= 15 is 0 Å². The molecule has 0 aromatic heterocycles. The molecule has 3 aromatic carbocycles. The fourth-order valence-electron chi connectivity index (χ4n) is 4.04. The number of hydrogen-bond acceptors (Lipinski definition) is 5. The number of benzene rings is 3. The molecule has 0 saturated heterocycles. The second kappa shape index (κ2) is 14.0. The monoisotopic (exact) mass is 548 g/mol. The molecule has 0 radical (unpaired) electrons. The van der Waals surface area contributed by atoms with Crippen molar-refractivity contribution >= 4 is 18.3 Å². The third kappa shape index (κ3) is 8.33. The average molecular weight is 549 g/mol. The Balaban J connectivity index is 0.00000507. The van der Waals surface area contributed by atoms with Gasteiger partial charge in [-0.25, -0.2) is 8.78 Å². The minimum Gasteiger partial charge on any atom is -0.493 e. The first-order chi connectivity index (χ1) is 17.7. The predicted octanol–water partition coefficient (Wildman–Crippen LogP) is 5.62. The van der Waals surface area contributed by atoms with E-state index in [4.69, 9.17) is 14.2 Å². The van der Waals surface area contributed by atoms with Gasteiger partial charge in [0.15, 0.2) is 11.5 Å². The first-order valence-electron chi connectivity index (χ1n) is 12.0. The Bertz CT molecular complexity index is 1120. The highest BCUT2D eigenvalue weighted by Gasteiger charge is 2.23. The van der Waals surface area contributed by atoms with Gasteiger partial charge in [0, 0.05) is 31.0 Å². The summed E-state index contributed by atoms with van der Waals surface area (Å²) < 4.78 is 43.2. The summed E-state index contributed by atoms with van der Waals surface area (Å²) >= 11 is 0. The summed E-state index contributed by atoms with van der Waals surface area (Å²) in [6, 6.07) is 15.8. The second-order valence-corrected chi connectivity index (χ2v) is 9.41. The molecule has 0 spiro atoms. The van der Waals surface area contributed by atoms with Crippen LogP contribution in [0.25, 0.3) is 0 Å². The molecular weight excluding hydrogens is 514 g/mol. The highest BCUT2D eigenvalue weighted by Crippen LogP contribution is 2.38. The molecule has 0 saturated carbocycles. The summed E-state index contributed by atoms with van der Waals surface area (Å²) in [5.74, 6) is 0.446. The topological polar surface area (TPSA) is 68.8 Å². The fourth-order valence-corrected chi connectivity index (χ4v) is 4.04. The van der Waals surface area contributed by atoms with Crippen molar-refractivity contribution < 1.29 is 27.8 Å². The fraction of sp³-hybridized carbons (Fsp3) is 0.345. The molecule has 0 fully saturated rings. The Kier molecular flexibility index (Phi) is 11.4. The van der Waals surface area contributed by atoms with Crippen molar-refractivity contribution in [2.24, 2.45) is 0 Å². The standard InChI is InChI=1S/C29H34F2N2O4.ClH/c1-29(2,33-17-19-14-25(35-3)28(37-5)26(15-19)36-4)18-32-27(34)16-24(20-6-10-22(30)11-7-20)21-8-12-23(31)13-9-21;/h6-15,24,33H,16-18H2,1-5H3,(H,32,34);1H. The van der Waals surface area contributed by atoms with E-state index in [1.165, 1.54) is 24.3 Å². The Morgan fingerprint density at radius 2 is 1.32 bits per heavy atom. The van der Waals surface area contributed by atoms with Crippen molar-refractivity contribution in [3.05, 3.63) is 89.0 Å². The van der Waals surface area contributed by atoms with Crippen molar-refractivity contribution in [1.29, 1.82) is 0 Å². The number of carbonyl (C=O) groups is 1. The number of hydrogen-bond donors (Lipinski definition) is 2. The van der Waals surface area contributed by atoms with Crippen LogP contribution in [0.4, 0.5) is 8.78 Å². The summed E-state index contributed by atoms with van der Waals surface area (Å²) in [7, 11) is 4.69. The maximum absolute atomic E-state index is 13.5. The minimum absolute atomic E-state index is 0. The quantitative estimate of drug-likeness (QED) is 0.307.